The number of aromatic nitrogens is 2. The number of rotatable bonds is 4. The molecule has 0 saturated carbocycles. The lowest BCUT2D eigenvalue weighted by molar-refractivity contribution is 0.752. The van der Waals surface area contributed by atoms with Gasteiger partial charge in [0.1, 0.15) is 5.82 Å². The summed E-state index contributed by atoms with van der Waals surface area (Å²) in [6.07, 6.45) is 0.938. The van der Waals surface area contributed by atoms with Crippen molar-refractivity contribution in [2.45, 2.75) is 40.3 Å². The van der Waals surface area contributed by atoms with Crippen molar-refractivity contribution < 1.29 is 0 Å². The second kappa shape index (κ2) is 5.93. The fourth-order valence-electron chi connectivity index (χ4n) is 2.84. The zero-order valence-corrected chi connectivity index (χ0v) is 13.6. The Hall–Kier alpha value is -2.13. The van der Waals surface area contributed by atoms with Crippen LogP contribution >= 0.6 is 0 Å². The zero-order chi connectivity index (χ0) is 15.7. The van der Waals surface area contributed by atoms with E-state index in [9.17, 15) is 0 Å². The molecule has 0 bridgehead atoms. The Labute approximate surface area is 131 Å². The minimum absolute atomic E-state index is 0.590. The third kappa shape index (κ3) is 2.64. The lowest BCUT2D eigenvalue weighted by Gasteiger charge is -2.10. The van der Waals surface area contributed by atoms with Gasteiger partial charge in [0.25, 0.3) is 0 Å². The van der Waals surface area contributed by atoms with E-state index in [-0.39, 0.29) is 0 Å². The quantitative estimate of drug-likeness (QED) is 0.796. The Kier molecular flexibility index (Phi) is 3.99. The van der Waals surface area contributed by atoms with Gasteiger partial charge in [0.05, 0.1) is 11.0 Å². The van der Waals surface area contributed by atoms with Crippen molar-refractivity contribution in [2.24, 2.45) is 5.73 Å². The highest BCUT2D eigenvalue weighted by Gasteiger charge is 2.11. The van der Waals surface area contributed by atoms with E-state index in [0.717, 1.165) is 24.3 Å². The summed E-state index contributed by atoms with van der Waals surface area (Å²) in [6, 6.07) is 13.0. The molecule has 0 aliphatic carbocycles. The van der Waals surface area contributed by atoms with Crippen LogP contribution in [-0.4, -0.2) is 9.55 Å². The molecule has 3 aromatic rings. The van der Waals surface area contributed by atoms with E-state index >= 15 is 0 Å². The van der Waals surface area contributed by atoms with Gasteiger partial charge in [0, 0.05) is 19.5 Å². The normalized spacial score (nSPS) is 11.3. The first-order chi connectivity index (χ1) is 10.6. The largest absolute Gasteiger partial charge is 0.326 e. The molecule has 22 heavy (non-hydrogen) atoms. The SMILES string of the molecule is CCc1nc2cc(C)c(C)cc2n1Cc1ccc(CN)cc1. The number of aryl methyl sites for hydroxylation is 3. The van der Waals surface area contributed by atoms with Crippen LogP contribution in [0.5, 0.6) is 0 Å². The van der Waals surface area contributed by atoms with Crippen LogP contribution in [0.2, 0.25) is 0 Å². The van der Waals surface area contributed by atoms with Gasteiger partial charge in [0.15, 0.2) is 0 Å². The number of fused-ring (bicyclic) bond motifs is 1. The number of benzene rings is 2. The molecule has 0 aliphatic heterocycles. The van der Waals surface area contributed by atoms with Crippen LogP contribution in [0.3, 0.4) is 0 Å². The van der Waals surface area contributed by atoms with Crippen LogP contribution < -0.4 is 5.73 Å². The summed E-state index contributed by atoms with van der Waals surface area (Å²) >= 11 is 0. The number of hydrogen-bond acceptors (Lipinski definition) is 2. The fourth-order valence-corrected chi connectivity index (χ4v) is 2.84. The lowest BCUT2D eigenvalue weighted by atomic mass is 10.1. The number of imidazole rings is 1. The standard InChI is InChI=1S/C19H23N3/c1-4-19-21-17-9-13(2)14(3)10-18(17)22(19)12-16-7-5-15(11-20)6-8-16/h5-10H,4,11-12,20H2,1-3H3. The highest BCUT2D eigenvalue weighted by molar-refractivity contribution is 5.78. The maximum atomic E-state index is 5.67. The molecule has 0 atom stereocenters. The van der Waals surface area contributed by atoms with E-state index in [1.54, 1.807) is 0 Å². The van der Waals surface area contributed by atoms with Gasteiger partial charge in [-0.3, -0.25) is 0 Å². The number of nitrogens with zero attached hydrogens (tertiary/aromatic N) is 2. The van der Waals surface area contributed by atoms with Crippen molar-refractivity contribution >= 4 is 11.0 Å². The van der Waals surface area contributed by atoms with Crippen LogP contribution in [0, 0.1) is 13.8 Å². The Morgan fingerprint density at radius 3 is 2.27 bits per heavy atom. The summed E-state index contributed by atoms with van der Waals surface area (Å²) in [4.78, 5) is 4.81. The minimum Gasteiger partial charge on any atom is -0.326 e. The monoisotopic (exact) mass is 293 g/mol. The third-order valence-electron chi connectivity index (χ3n) is 4.36. The number of nitrogens with two attached hydrogens (primary N) is 1. The van der Waals surface area contributed by atoms with E-state index < -0.39 is 0 Å². The van der Waals surface area contributed by atoms with Gasteiger partial charge >= 0.3 is 0 Å². The van der Waals surface area contributed by atoms with Crippen LogP contribution in [0.1, 0.15) is 35.0 Å². The molecular formula is C19H23N3. The first-order valence-corrected chi connectivity index (χ1v) is 7.86. The predicted molar refractivity (Wildman–Crippen MR) is 92.0 cm³/mol. The van der Waals surface area contributed by atoms with Crippen molar-refractivity contribution in [3.8, 4) is 0 Å². The van der Waals surface area contributed by atoms with Crippen LogP contribution in [-0.2, 0) is 19.5 Å². The van der Waals surface area contributed by atoms with Gasteiger partial charge < -0.3 is 10.3 Å². The predicted octanol–water partition coefficient (Wildman–Crippen LogP) is 3.72. The summed E-state index contributed by atoms with van der Waals surface area (Å²) in [5.41, 5.74) is 13.1. The van der Waals surface area contributed by atoms with Crippen molar-refractivity contribution in [2.75, 3.05) is 0 Å². The minimum atomic E-state index is 0.590. The molecule has 0 saturated heterocycles. The third-order valence-corrected chi connectivity index (χ3v) is 4.36. The Morgan fingerprint density at radius 2 is 1.64 bits per heavy atom. The van der Waals surface area contributed by atoms with Gasteiger partial charge in [-0.25, -0.2) is 4.98 Å². The van der Waals surface area contributed by atoms with Gasteiger partial charge in [-0.1, -0.05) is 31.2 Å². The molecule has 1 heterocycles. The molecule has 1 aromatic heterocycles. The van der Waals surface area contributed by atoms with E-state index in [0.29, 0.717) is 6.54 Å². The highest BCUT2D eigenvalue weighted by atomic mass is 15.1. The molecule has 114 valence electrons. The molecule has 0 fully saturated rings. The molecule has 0 spiro atoms. The molecule has 2 aromatic carbocycles. The Balaban J connectivity index is 2.05. The van der Waals surface area contributed by atoms with Crippen molar-refractivity contribution in [3.05, 3.63) is 64.5 Å². The number of hydrogen-bond donors (Lipinski definition) is 1. The van der Waals surface area contributed by atoms with Crippen LogP contribution in [0.15, 0.2) is 36.4 Å². The Morgan fingerprint density at radius 1 is 1.00 bits per heavy atom. The van der Waals surface area contributed by atoms with E-state index in [2.05, 4.69) is 61.7 Å². The Bertz CT molecular complexity index is 798. The summed E-state index contributed by atoms with van der Waals surface area (Å²) in [7, 11) is 0. The van der Waals surface area contributed by atoms with Gasteiger partial charge in [-0.05, 0) is 48.2 Å². The molecule has 2 N–H and O–H groups in total. The summed E-state index contributed by atoms with van der Waals surface area (Å²) < 4.78 is 2.33. The van der Waals surface area contributed by atoms with Crippen molar-refractivity contribution in [1.82, 2.24) is 9.55 Å². The van der Waals surface area contributed by atoms with Gasteiger partial charge in [0.2, 0.25) is 0 Å². The molecule has 0 unspecified atom stereocenters. The fraction of sp³-hybridized carbons (Fsp3) is 0.316. The van der Waals surface area contributed by atoms with Crippen molar-refractivity contribution in [3.63, 3.8) is 0 Å². The topological polar surface area (TPSA) is 43.8 Å². The van der Waals surface area contributed by atoms with Gasteiger partial charge in [-0.15, -0.1) is 0 Å². The average Bonchev–Trinajstić information content (AvgIpc) is 2.86. The maximum Gasteiger partial charge on any atom is 0.109 e. The second-order valence-electron chi connectivity index (χ2n) is 5.91. The van der Waals surface area contributed by atoms with Crippen LogP contribution in [0.4, 0.5) is 0 Å². The maximum absolute atomic E-state index is 5.67. The smallest absolute Gasteiger partial charge is 0.109 e. The van der Waals surface area contributed by atoms with E-state index in [4.69, 9.17) is 10.7 Å². The van der Waals surface area contributed by atoms with Gasteiger partial charge in [-0.2, -0.15) is 0 Å². The molecule has 3 rings (SSSR count). The lowest BCUT2D eigenvalue weighted by Crippen LogP contribution is -2.05. The molecule has 0 amide bonds. The summed E-state index contributed by atoms with van der Waals surface area (Å²) in [5, 5.41) is 0. The van der Waals surface area contributed by atoms with Crippen LogP contribution in [0.25, 0.3) is 11.0 Å². The van der Waals surface area contributed by atoms with Crippen molar-refractivity contribution in [1.29, 1.82) is 0 Å². The average molecular weight is 293 g/mol. The summed E-state index contributed by atoms with van der Waals surface area (Å²) in [6.45, 7) is 7.91. The molecular weight excluding hydrogens is 270 g/mol. The summed E-state index contributed by atoms with van der Waals surface area (Å²) in [5.74, 6) is 1.14. The van der Waals surface area contributed by atoms with E-state index in [1.807, 2.05) is 0 Å². The molecule has 3 nitrogen and oxygen atoms in total. The molecule has 0 radical (unpaired) electrons. The molecule has 3 heteroatoms. The second-order valence-corrected chi connectivity index (χ2v) is 5.91. The highest BCUT2D eigenvalue weighted by Crippen LogP contribution is 2.22. The first kappa shape index (κ1) is 14.8. The molecule has 0 aliphatic rings. The zero-order valence-electron chi connectivity index (χ0n) is 13.6. The van der Waals surface area contributed by atoms with E-state index in [1.165, 1.54) is 27.8 Å². The first-order valence-electron chi connectivity index (χ1n) is 7.86.